The highest BCUT2D eigenvalue weighted by Crippen LogP contribution is 2.29. The molecule has 0 spiro atoms. The van der Waals surface area contributed by atoms with E-state index in [0.717, 1.165) is 30.2 Å². The molecule has 6 heteroatoms. The monoisotopic (exact) mass is 276 g/mol. The zero-order valence-electron chi connectivity index (χ0n) is 12.0. The van der Waals surface area contributed by atoms with Crippen molar-refractivity contribution in [2.45, 2.75) is 19.5 Å². The summed E-state index contributed by atoms with van der Waals surface area (Å²) in [6, 6.07) is 6.17. The van der Waals surface area contributed by atoms with Crippen LogP contribution >= 0.6 is 0 Å². The van der Waals surface area contributed by atoms with Gasteiger partial charge >= 0.3 is 0 Å². The van der Waals surface area contributed by atoms with Gasteiger partial charge in [0, 0.05) is 18.8 Å². The molecule has 0 aliphatic rings. The lowest BCUT2D eigenvalue weighted by Crippen LogP contribution is -2.23. The van der Waals surface area contributed by atoms with E-state index in [1.165, 1.54) is 0 Å². The van der Waals surface area contributed by atoms with Crippen LogP contribution in [0.15, 0.2) is 30.6 Å². The van der Waals surface area contributed by atoms with Crippen molar-refractivity contribution in [1.82, 2.24) is 20.3 Å². The van der Waals surface area contributed by atoms with E-state index >= 15 is 0 Å². The van der Waals surface area contributed by atoms with E-state index in [4.69, 9.17) is 9.47 Å². The van der Waals surface area contributed by atoms with E-state index in [0.29, 0.717) is 0 Å². The Morgan fingerprint density at radius 3 is 2.70 bits per heavy atom. The number of hydrogen-bond donors (Lipinski definition) is 1. The molecule has 0 radical (unpaired) electrons. The van der Waals surface area contributed by atoms with Crippen molar-refractivity contribution in [3.05, 3.63) is 36.2 Å². The van der Waals surface area contributed by atoms with Crippen molar-refractivity contribution in [2.75, 3.05) is 20.8 Å². The number of hydrogen-bond acceptors (Lipinski definition) is 5. The van der Waals surface area contributed by atoms with E-state index in [1.807, 2.05) is 24.4 Å². The van der Waals surface area contributed by atoms with Crippen molar-refractivity contribution < 1.29 is 9.47 Å². The molecular weight excluding hydrogens is 256 g/mol. The van der Waals surface area contributed by atoms with Gasteiger partial charge < -0.3 is 14.8 Å². The van der Waals surface area contributed by atoms with Gasteiger partial charge in [-0.2, -0.15) is 0 Å². The summed E-state index contributed by atoms with van der Waals surface area (Å²) in [4.78, 5) is 0. The average Bonchev–Trinajstić information content (AvgIpc) is 2.99. The summed E-state index contributed by atoms with van der Waals surface area (Å²) < 4.78 is 12.4. The van der Waals surface area contributed by atoms with E-state index in [2.05, 4.69) is 22.6 Å². The van der Waals surface area contributed by atoms with Gasteiger partial charge in [-0.15, -0.1) is 5.10 Å². The van der Waals surface area contributed by atoms with E-state index in [-0.39, 0.29) is 6.04 Å². The molecule has 1 N–H and O–H groups in total. The first-order chi connectivity index (χ1) is 9.74. The molecule has 0 saturated heterocycles. The summed E-state index contributed by atoms with van der Waals surface area (Å²) in [5.41, 5.74) is 1.15. The Kier molecular flexibility index (Phi) is 4.95. The normalized spacial score (nSPS) is 12.2. The molecule has 6 nitrogen and oxygen atoms in total. The number of nitrogens with one attached hydrogen (secondary N) is 1. The lowest BCUT2D eigenvalue weighted by atomic mass is 10.1. The first kappa shape index (κ1) is 14.3. The van der Waals surface area contributed by atoms with Crippen LogP contribution in [0.2, 0.25) is 0 Å². The Hall–Kier alpha value is -2.08. The fourth-order valence-electron chi connectivity index (χ4n) is 1.99. The third kappa shape index (κ3) is 3.48. The van der Waals surface area contributed by atoms with Crippen LogP contribution in [0.5, 0.6) is 11.5 Å². The van der Waals surface area contributed by atoms with Gasteiger partial charge in [0.1, 0.15) is 0 Å². The molecular formula is C14H20N4O2. The van der Waals surface area contributed by atoms with Gasteiger partial charge in [-0.1, -0.05) is 11.3 Å². The van der Waals surface area contributed by atoms with Crippen LogP contribution in [0.4, 0.5) is 0 Å². The highest BCUT2D eigenvalue weighted by atomic mass is 16.5. The molecule has 0 amide bonds. The van der Waals surface area contributed by atoms with E-state index in [1.54, 1.807) is 25.1 Å². The maximum atomic E-state index is 5.32. The van der Waals surface area contributed by atoms with Crippen molar-refractivity contribution in [3.63, 3.8) is 0 Å². The number of ether oxygens (including phenoxy) is 2. The Morgan fingerprint density at radius 2 is 2.05 bits per heavy atom. The van der Waals surface area contributed by atoms with Crippen molar-refractivity contribution in [2.24, 2.45) is 0 Å². The number of aromatic nitrogens is 3. The Labute approximate surface area is 118 Å². The molecule has 20 heavy (non-hydrogen) atoms. The topological polar surface area (TPSA) is 61.2 Å². The minimum absolute atomic E-state index is 0.221. The number of benzene rings is 1. The maximum absolute atomic E-state index is 5.32. The minimum Gasteiger partial charge on any atom is -0.493 e. The molecule has 0 aliphatic carbocycles. The van der Waals surface area contributed by atoms with Crippen molar-refractivity contribution in [1.29, 1.82) is 0 Å². The van der Waals surface area contributed by atoms with Gasteiger partial charge in [0.25, 0.3) is 0 Å². The summed E-state index contributed by atoms with van der Waals surface area (Å²) in [7, 11) is 3.28. The third-order valence-corrected chi connectivity index (χ3v) is 3.17. The highest BCUT2D eigenvalue weighted by Gasteiger charge is 2.09. The first-order valence-corrected chi connectivity index (χ1v) is 6.54. The lowest BCUT2D eigenvalue weighted by Gasteiger charge is -2.16. The molecule has 1 atom stereocenters. The van der Waals surface area contributed by atoms with Crippen molar-refractivity contribution >= 4 is 0 Å². The average molecular weight is 276 g/mol. The van der Waals surface area contributed by atoms with Gasteiger partial charge in [-0.3, -0.25) is 4.68 Å². The fourth-order valence-corrected chi connectivity index (χ4v) is 1.99. The zero-order valence-corrected chi connectivity index (χ0v) is 12.0. The lowest BCUT2D eigenvalue weighted by molar-refractivity contribution is 0.354. The summed E-state index contributed by atoms with van der Waals surface area (Å²) in [6.07, 6.45) is 3.53. The standard InChI is InChI=1S/C14H20N4O2/c1-11(15-6-8-18-9-7-16-17-18)12-4-5-13(19-2)14(10-12)20-3/h4-5,7,9-11,15H,6,8H2,1-3H3. The van der Waals surface area contributed by atoms with Gasteiger partial charge in [0.15, 0.2) is 11.5 Å². The minimum atomic E-state index is 0.221. The smallest absolute Gasteiger partial charge is 0.161 e. The van der Waals surface area contributed by atoms with Gasteiger partial charge in [-0.25, -0.2) is 0 Å². The summed E-state index contributed by atoms with van der Waals surface area (Å²) in [5.74, 6) is 1.49. The molecule has 2 rings (SSSR count). The van der Waals surface area contributed by atoms with Crippen LogP contribution in [0.3, 0.4) is 0 Å². The second-order valence-corrected chi connectivity index (χ2v) is 4.46. The predicted octanol–water partition coefficient (Wildman–Crippen LogP) is 1.65. The molecule has 1 aromatic heterocycles. The third-order valence-electron chi connectivity index (χ3n) is 3.17. The van der Waals surface area contributed by atoms with Gasteiger partial charge in [0.2, 0.25) is 0 Å². The Morgan fingerprint density at radius 1 is 1.25 bits per heavy atom. The predicted molar refractivity (Wildman–Crippen MR) is 76.0 cm³/mol. The van der Waals surface area contributed by atoms with Crippen molar-refractivity contribution in [3.8, 4) is 11.5 Å². The molecule has 1 heterocycles. The maximum Gasteiger partial charge on any atom is 0.161 e. The molecule has 1 aromatic carbocycles. The van der Waals surface area contributed by atoms with E-state index < -0.39 is 0 Å². The largest absolute Gasteiger partial charge is 0.493 e. The molecule has 0 fully saturated rings. The number of nitrogens with zero attached hydrogens (tertiary/aromatic N) is 3. The van der Waals surface area contributed by atoms with Crippen LogP contribution in [0.1, 0.15) is 18.5 Å². The van der Waals surface area contributed by atoms with E-state index in [9.17, 15) is 0 Å². The first-order valence-electron chi connectivity index (χ1n) is 6.54. The Bertz CT molecular complexity index is 528. The molecule has 2 aromatic rings. The second-order valence-electron chi connectivity index (χ2n) is 4.46. The molecule has 0 saturated carbocycles. The second kappa shape index (κ2) is 6.91. The SMILES string of the molecule is COc1ccc(C(C)NCCn2ccnn2)cc1OC. The van der Waals surface area contributed by atoms with Gasteiger partial charge in [-0.05, 0) is 24.6 Å². The molecule has 0 aliphatic heterocycles. The zero-order chi connectivity index (χ0) is 14.4. The number of methoxy groups -OCH3 is 2. The highest BCUT2D eigenvalue weighted by molar-refractivity contribution is 5.43. The molecule has 1 unspecified atom stereocenters. The quantitative estimate of drug-likeness (QED) is 0.833. The fraction of sp³-hybridized carbons (Fsp3) is 0.429. The molecule has 0 bridgehead atoms. The summed E-state index contributed by atoms with van der Waals surface area (Å²) in [6.45, 7) is 3.72. The van der Waals surface area contributed by atoms with Crippen LogP contribution in [0, 0.1) is 0 Å². The van der Waals surface area contributed by atoms with Crippen LogP contribution < -0.4 is 14.8 Å². The number of rotatable bonds is 7. The van der Waals surface area contributed by atoms with Crippen LogP contribution in [-0.4, -0.2) is 35.8 Å². The molecule has 108 valence electrons. The summed E-state index contributed by atoms with van der Waals surface area (Å²) in [5, 5.41) is 11.1. The van der Waals surface area contributed by atoms with Crippen LogP contribution in [-0.2, 0) is 6.54 Å². The van der Waals surface area contributed by atoms with Crippen LogP contribution in [0.25, 0.3) is 0 Å². The van der Waals surface area contributed by atoms with Gasteiger partial charge in [0.05, 0.1) is 27.0 Å². The Balaban J connectivity index is 1.93. The summed E-state index contributed by atoms with van der Waals surface area (Å²) >= 11 is 0.